The van der Waals surface area contributed by atoms with Crippen molar-refractivity contribution in [2.75, 3.05) is 16.8 Å². The molecule has 0 radical (unpaired) electrons. The number of rotatable bonds is 9. The highest BCUT2D eigenvalue weighted by molar-refractivity contribution is 8.00. The van der Waals surface area contributed by atoms with E-state index in [1.54, 1.807) is 13.0 Å². The van der Waals surface area contributed by atoms with Crippen LogP contribution in [0.4, 0.5) is 5.82 Å². The summed E-state index contributed by atoms with van der Waals surface area (Å²) in [7, 11) is 0. The van der Waals surface area contributed by atoms with Gasteiger partial charge in [-0.25, -0.2) is 0 Å². The molecule has 0 aliphatic heterocycles. The number of aryl methyl sites for hydroxylation is 1. The smallest absolute Gasteiger partial charge is 0.316 e. The van der Waals surface area contributed by atoms with Crippen molar-refractivity contribution in [3.8, 4) is 0 Å². The third-order valence-electron chi connectivity index (χ3n) is 3.04. The number of anilines is 1. The van der Waals surface area contributed by atoms with E-state index in [9.17, 15) is 14.4 Å². The molecular formula is C16H19N3O5S2. The van der Waals surface area contributed by atoms with Crippen LogP contribution in [0.1, 0.15) is 17.6 Å². The summed E-state index contributed by atoms with van der Waals surface area (Å²) in [5.41, 5.74) is 0. The number of thiophene rings is 1. The van der Waals surface area contributed by atoms with Crippen LogP contribution in [0.25, 0.3) is 0 Å². The maximum atomic E-state index is 11.9. The molecule has 0 aliphatic carbocycles. The molecule has 2 rings (SSSR count). The topological polar surface area (TPSA) is 111 Å². The number of hydrogen-bond acceptors (Lipinski definition) is 8. The molecular weight excluding hydrogens is 378 g/mol. The van der Waals surface area contributed by atoms with E-state index in [4.69, 9.17) is 9.26 Å². The van der Waals surface area contributed by atoms with Gasteiger partial charge in [0.15, 0.2) is 11.9 Å². The van der Waals surface area contributed by atoms with Gasteiger partial charge in [0.2, 0.25) is 5.91 Å². The fraction of sp³-hybridized carbons (Fsp3) is 0.375. The van der Waals surface area contributed by atoms with E-state index in [1.807, 2.05) is 17.5 Å². The van der Waals surface area contributed by atoms with E-state index in [0.717, 1.165) is 16.6 Å². The van der Waals surface area contributed by atoms with Crippen molar-refractivity contribution in [2.24, 2.45) is 0 Å². The second-order valence-corrected chi connectivity index (χ2v) is 7.31. The van der Waals surface area contributed by atoms with Crippen LogP contribution in [0.15, 0.2) is 28.1 Å². The Bertz CT molecular complexity index is 745. The molecule has 0 saturated carbocycles. The minimum absolute atomic E-state index is 0.0339. The normalized spacial score (nSPS) is 11.6. The van der Waals surface area contributed by atoms with Gasteiger partial charge in [0.1, 0.15) is 5.76 Å². The molecule has 0 unspecified atom stereocenters. The van der Waals surface area contributed by atoms with Crippen LogP contribution in [0, 0.1) is 6.92 Å². The molecule has 0 spiro atoms. The summed E-state index contributed by atoms with van der Waals surface area (Å²) in [5, 5.41) is 10.8. The molecule has 0 aromatic carbocycles. The first kappa shape index (κ1) is 20.0. The van der Waals surface area contributed by atoms with Gasteiger partial charge in [-0.3, -0.25) is 14.4 Å². The summed E-state index contributed by atoms with van der Waals surface area (Å²) in [5.74, 6) is -0.296. The van der Waals surface area contributed by atoms with Crippen molar-refractivity contribution in [3.63, 3.8) is 0 Å². The van der Waals surface area contributed by atoms with Gasteiger partial charge < -0.3 is 19.9 Å². The van der Waals surface area contributed by atoms with E-state index < -0.39 is 12.1 Å². The number of nitrogens with one attached hydrogen (secondary N) is 2. The van der Waals surface area contributed by atoms with Crippen molar-refractivity contribution in [1.29, 1.82) is 0 Å². The molecule has 0 bridgehead atoms. The fourth-order valence-electron chi connectivity index (χ4n) is 1.85. The Balaban J connectivity index is 1.61. The van der Waals surface area contributed by atoms with Crippen LogP contribution >= 0.6 is 23.1 Å². The van der Waals surface area contributed by atoms with Crippen molar-refractivity contribution in [2.45, 2.75) is 26.5 Å². The summed E-state index contributed by atoms with van der Waals surface area (Å²) in [6.07, 6.45) is -0.894. The quantitative estimate of drug-likeness (QED) is 0.622. The first-order valence-electron chi connectivity index (χ1n) is 7.74. The van der Waals surface area contributed by atoms with Gasteiger partial charge in [-0.05, 0) is 25.3 Å². The number of aromatic nitrogens is 1. The van der Waals surface area contributed by atoms with Crippen molar-refractivity contribution in [3.05, 3.63) is 34.2 Å². The monoisotopic (exact) mass is 397 g/mol. The number of nitrogens with zero attached hydrogens (tertiary/aromatic N) is 1. The number of carbonyl (C=O) groups is 3. The van der Waals surface area contributed by atoms with Crippen LogP contribution < -0.4 is 10.6 Å². The average molecular weight is 397 g/mol. The van der Waals surface area contributed by atoms with E-state index in [2.05, 4.69) is 15.8 Å². The maximum Gasteiger partial charge on any atom is 0.316 e. The largest absolute Gasteiger partial charge is 0.452 e. The number of hydrogen-bond donors (Lipinski definition) is 2. The van der Waals surface area contributed by atoms with E-state index in [1.165, 1.54) is 18.3 Å². The molecule has 140 valence electrons. The molecule has 26 heavy (non-hydrogen) atoms. The maximum absolute atomic E-state index is 11.9. The van der Waals surface area contributed by atoms with Gasteiger partial charge in [0.05, 0.1) is 18.1 Å². The minimum Gasteiger partial charge on any atom is -0.452 e. The second kappa shape index (κ2) is 9.97. The van der Waals surface area contributed by atoms with Gasteiger partial charge in [0.25, 0.3) is 5.91 Å². The highest BCUT2D eigenvalue weighted by Gasteiger charge is 2.18. The zero-order valence-corrected chi connectivity index (χ0v) is 15.9. The van der Waals surface area contributed by atoms with E-state index in [0.29, 0.717) is 18.1 Å². The van der Waals surface area contributed by atoms with Gasteiger partial charge in [-0.2, -0.15) is 0 Å². The van der Waals surface area contributed by atoms with Gasteiger partial charge in [-0.15, -0.1) is 23.1 Å². The summed E-state index contributed by atoms with van der Waals surface area (Å²) in [6.45, 7) is 3.62. The predicted molar refractivity (Wildman–Crippen MR) is 98.9 cm³/mol. The fourth-order valence-corrected chi connectivity index (χ4v) is 3.09. The lowest BCUT2D eigenvalue weighted by atomic mass is 10.3. The van der Waals surface area contributed by atoms with Gasteiger partial charge in [0, 0.05) is 10.9 Å². The zero-order valence-electron chi connectivity index (χ0n) is 14.3. The van der Waals surface area contributed by atoms with Crippen LogP contribution in [-0.2, 0) is 25.7 Å². The lowest BCUT2D eigenvalue weighted by Crippen LogP contribution is -2.35. The summed E-state index contributed by atoms with van der Waals surface area (Å²) < 4.78 is 9.89. The zero-order chi connectivity index (χ0) is 18.9. The van der Waals surface area contributed by atoms with Crippen molar-refractivity contribution < 1.29 is 23.6 Å². The number of carbonyl (C=O) groups excluding carboxylic acids is 3. The van der Waals surface area contributed by atoms with Crippen molar-refractivity contribution in [1.82, 2.24) is 10.5 Å². The van der Waals surface area contributed by atoms with Crippen LogP contribution in [0.2, 0.25) is 0 Å². The summed E-state index contributed by atoms with van der Waals surface area (Å²) in [6, 6.07) is 5.39. The SMILES string of the molecule is Cc1cc(NC(=O)CSCC(=O)O[C@H](C)C(=O)NCc2cccs2)no1. The van der Waals surface area contributed by atoms with Crippen LogP contribution in [-0.4, -0.2) is 40.6 Å². The Morgan fingerprint density at radius 1 is 1.38 bits per heavy atom. The second-order valence-electron chi connectivity index (χ2n) is 5.29. The van der Waals surface area contributed by atoms with Crippen LogP contribution in [0.5, 0.6) is 0 Å². The first-order valence-corrected chi connectivity index (χ1v) is 9.78. The number of thioether (sulfide) groups is 1. The molecule has 0 fully saturated rings. The molecule has 2 aromatic heterocycles. The molecule has 2 amide bonds. The van der Waals surface area contributed by atoms with E-state index in [-0.39, 0.29) is 23.3 Å². The molecule has 1 atom stereocenters. The number of esters is 1. The predicted octanol–water partition coefficient (Wildman–Crippen LogP) is 1.96. The molecule has 2 heterocycles. The Labute approximate surface area is 158 Å². The number of ether oxygens (including phenoxy) is 1. The first-order chi connectivity index (χ1) is 12.4. The van der Waals surface area contributed by atoms with E-state index >= 15 is 0 Å². The molecule has 10 heteroatoms. The van der Waals surface area contributed by atoms with Crippen molar-refractivity contribution >= 4 is 46.7 Å². The van der Waals surface area contributed by atoms with Gasteiger partial charge in [-0.1, -0.05) is 11.2 Å². The minimum atomic E-state index is -0.894. The Morgan fingerprint density at radius 2 is 2.19 bits per heavy atom. The third kappa shape index (κ3) is 6.89. The molecule has 8 nitrogen and oxygen atoms in total. The molecule has 0 saturated heterocycles. The highest BCUT2D eigenvalue weighted by atomic mass is 32.2. The molecule has 2 aromatic rings. The lowest BCUT2D eigenvalue weighted by molar-refractivity contribution is -0.152. The standard InChI is InChI=1S/C16H19N3O5S2/c1-10-6-13(19-24-10)18-14(20)8-25-9-15(21)23-11(2)16(22)17-7-12-4-3-5-26-12/h3-6,11H,7-9H2,1-2H3,(H,17,22)(H,18,19,20)/t11-/m1/s1. The lowest BCUT2D eigenvalue weighted by Gasteiger charge is -2.13. The number of amides is 2. The van der Waals surface area contributed by atoms with Gasteiger partial charge >= 0.3 is 5.97 Å². The van der Waals surface area contributed by atoms with Crippen LogP contribution in [0.3, 0.4) is 0 Å². The Morgan fingerprint density at radius 3 is 2.85 bits per heavy atom. The molecule has 0 aliphatic rings. The Hall–Kier alpha value is -2.33. The summed E-state index contributed by atoms with van der Waals surface area (Å²) in [4.78, 5) is 36.4. The third-order valence-corrected chi connectivity index (χ3v) is 4.83. The molecule has 2 N–H and O–H groups in total. The summed E-state index contributed by atoms with van der Waals surface area (Å²) >= 11 is 2.62. The Kier molecular flexibility index (Phi) is 7.67. The average Bonchev–Trinajstić information content (AvgIpc) is 3.24. The highest BCUT2D eigenvalue weighted by Crippen LogP contribution is 2.10.